The standard InChI is InChI=1S/C16H15BrN4O2/c17-10-1-2-11-12(7-10)18-8-13-14(11)20-15(19-13)9-3-5-21(6-4-9)16(22)23/h1-2,7-9H,3-6H2,(H,19,20)(H,22,23). The number of piperidine rings is 1. The molecule has 4 rings (SSSR count). The number of amides is 1. The Balaban J connectivity index is 1.69. The van der Waals surface area contributed by atoms with Gasteiger partial charge in [-0.3, -0.25) is 4.98 Å². The van der Waals surface area contributed by atoms with Gasteiger partial charge in [-0.1, -0.05) is 15.9 Å². The number of aromatic nitrogens is 3. The van der Waals surface area contributed by atoms with Gasteiger partial charge in [-0.15, -0.1) is 0 Å². The van der Waals surface area contributed by atoms with E-state index < -0.39 is 6.09 Å². The zero-order valence-corrected chi connectivity index (χ0v) is 13.9. The maximum absolute atomic E-state index is 11.0. The van der Waals surface area contributed by atoms with Crippen LogP contribution in [0.5, 0.6) is 0 Å². The number of pyridine rings is 1. The molecule has 1 saturated heterocycles. The third-order valence-corrected chi connectivity index (χ3v) is 4.94. The number of hydrogen-bond acceptors (Lipinski definition) is 3. The Hall–Kier alpha value is -2.15. The van der Waals surface area contributed by atoms with Crippen LogP contribution in [0.1, 0.15) is 24.6 Å². The molecule has 0 saturated carbocycles. The monoisotopic (exact) mass is 374 g/mol. The predicted octanol–water partition coefficient (Wildman–Crippen LogP) is 3.73. The first-order valence-electron chi connectivity index (χ1n) is 7.53. The lowest BCUT2D eigenvalue weighted by Crippen LogP contribution is -2.37. The Morgan fingerprint density at radius 3 is 2.87 bits per heavy atom. The largest absolute Gasteiger partial charge is 0.465 e. The molecule has 0 spiro atoms. The van der Waals surface area contributed by atoms with Crippen LogP contribution < -0.4 is 0 Å². The third kappa shape index (κ3) is 2.55. The zero-order valence-electron chi connectivity index (χ0n) is 12.3. The fraction of sp³-hybridized carbons (Fsp3) is 0.312. The van der Waals surface area contributed by atoms with Crippen LogP contribution in [-0.4, -0.2) is 44.1 Å². The van der Waals surface area contributed by atoms with Gasteiger partial charge in [0.1, 0.15) is 5.82 Å². The molecule has 0 radical (unpaired) electrons. The number of carbonyl (C=O) groups is 1. The van der Waals surface area contributed by atoms with E-state index in [9.17, 15) is 4.79 Å². The molecular weight excluding hydrogens is 360 g/mol. The van der Waals surface area contributed by atoms with E-state index in [1.807, 2.05) is 24.4 Å². The van der Waals surface area contributed by atoms with Gasteiger partial charge < -0.3 is 15.0 Å². The molecule has 3 aromatic rings. The highest BCUT2D eigenvalue weighted by Gasteiger charge is 2.25. The molecule has 1 fully saturated rings. The molecule has 7 heteroatoms. The summed E-state index contributed by atoms with van der Waals surface area (Å²) in [6.45, 7) is 1.12. The third-order valence-electron chi connectivity index (χ3n) is 4.45. The molecule has 1 aromatic carbocycles. The van der Waals surface area contributed by atoms with E-state index in [1.54, 1.807) is 0 Å². The smallest absolute Gasteiger partial charge is 0.407 e. The van der Waals surface area contributed by atoms with E-state index in [-0.39, 0.29) is 5.92 Å². The average Bonchev–Trinajstić information content (AvgIpc) is 2.99. The number of aromatic amines is 1. The van der Waals surface area contributed by atoms with Crippen molar-refractivity contribution in [3.05, 3.63) is 34.7 Å². The lowest BCUT2D eigenvalue weighted by molar-refractivity contribution is 0.131. The molecule has 6 nitrogen and oxygen atoms in total. The number of H-pyrrole nitrogens is 1. The number of halogens is 1. The maximum Gasteiger partial charge on any atom is 0.407 e. The topological polar surface area (TPSA) is 82.1 Å². The second-order valence-electron chi connectivity index (χ2n) is 5.85. The van der Waals surface area contributed by atoms with E-state index in [0.717, 1.165) is 45.1 Å². The van der Waals surface area contributed by atoms with E-state index in [0.29, 0.717) is 13.1 Å². The number of hydrogen-bond donors (Lipinski definition) is 2. The number of likely N-dealkylation sites (tertiary alicyclic amines) is 1. The normalized spacial score (nSPS) is 16.3. The van der Waals surface area contributed by atoms with Crippen LogP contribution in [0.15, 0.2) is 28.9 Å². The van der Waals surface area contributed by atoms with E-state index in [2.05, 4.69) is 25.9 Å². The van der Waals surface area contributed by atoms with Gasteiger partial charge in [-0.2, -0.15) is 0 Å². The minimum atomic E-state index is -0.839. The fourth-order valence-electron chi connectivity index (χ4n) is 3.19. The fourth-order valence-corrected chi connectivity index (χ4v) is 3.54. The SMILES string of the molecule is O=C(O)N1CCC(c2nc3c(cnc4cc(Br)ccc43)[nH]2)CC1. The molecule has 1 aliphatic heterocycles. The van der Waals surface area contributed by atoms with Crippen LogP contribution in [0.25, 0.3) is 21.9 Å². The Morgan fingerprint density at radius 1 is 1.35 bits per heavy atom. The van der Waals surface area contributed by atoms with Crippen molar-refractivity contribution in [2.45, 2.75) is 18.8 Å². The van der Waals surface area contributed by atoms with Gasteiger partial charge in [0.25, 0.3) is 0 Å². The highest BCUT2D eigenvalue weighted by atomic mass is 79.9. The second-order valence-corrected chi connectivity index (χ2v) is 6.76. The molecule has 0 bridgehead atoms. The molecule has 1 amide bonds. The van der Waals surface area contributed by atoms with E-state index in [4.69, 9.17) is 10.1 Å². The first-order chi connectivity index (χ1) is 11.1. The molecular formula is C16H15BrN4O2. The summed E-state index contributed by atoms with van der Waals surface area (Å²) in [5.41, 5.74) is 2.76. The lowest BCUT2D eigenvalue weighted by atomic mass is 9.96. The predicted molar refractivity (Wildman–Crippen MR) is 90.7 cm³/mol. The molecule has 118 valence electrons. The first kappa shape index (κ1) is 14.4. The van der Waals surface area contributed by atoms with Gasteiger partial charge in [0.2, 0.25) is 0 Å². The summed E-state index contributed by atoms with van der Waals surface area (Å²) < 4.78 is 0.994. The molecule has 2 aromatic heterocycles. The molecule has 23 heavy (non-hydrogen) atoms. The summed E-state index contributed by atoms with van der Waals surface area (Å²) in [7, 11) is 0. The van der Waals surface area contributed by atoms with Crippen molar-refractivity contribution in [1.29, 1.82) is 0 Å². The Labute approximate surface area is 140 Å². The van der Waals surface area contributed by atoms with Crippen molar-refractivity contribution in [1.82, 2.24) is 19.9 Å². The number of carboxylic acid groups (broad SMARTS) is 1. The molecule has 0 aliphatic carbocycles. The van der Waals surface area contributed by atoms with Crippen LogP contribution >= 0.6 is 15.9 Å². The second kappa shape index (κ2) is 5.49. The maximum atomic E-state index is 11.0. The Morgan fingerprint density at radius 2 is 2.13 bits per heavy atom. The van der Waals surface area contributed by atoms with Crippen molar-refractivity contribution < 1.29 is 9.90 Å². The lowest BCUT2D eigenvalue weighted by Gasteiger charge is -2.28. The van der Waals surface area contributed by atoms with Crippen molar-refractivity contribution in [2.75, 3.05) is 13.1 Å². The molecule has 2 N–H and O–H groups in total. The number of benzene rings is 1. The van der Waals surface area contributed by atoms with E-state index >= 15 is 0 Å². The first-order valence-corrected chi connectivity index (χ1v) is 8.33. The van der Waals surface area contributed by atoms with Gasteiger partial charge in [0.05, 0.1) is 22.7 Å². The van der Waals surface area contributed by atoms with Crippen LogP contribution in [0, 0.1) is 0 Å². The molecule has 1 aliphatic rings. The highest BCUT2D eigenvalue weighted by molar-refractivity contribution is 9.10. The van der Waals surface area contributed by atoms with Crippen molar-refractivity contribution in [2.24, 2.45) is 0 Å². The average molecular weight is 375 g/mol. The summed E-state index contributed by atoms with van der Waals surface area (Å²) in [5.74, 6) is 1.20. The van der Waals surface area contributed by atoms with Crippen LogP contribution in [0.3, 0.4) is 0 Å². The van der Waals surface area contributed by atoms with Crippen molar-refractivity contribution in [3.63, 3.8) is 0 Å². The summed E-state index contributed by atoms with van der Waals surface area (Å²) in [6.07, 6.45) is 2.56. The van der Waals surface area contributed by atoms with Gasteiger partial charge in [0, 0.05) is 28.9 Å². The Kier molecular flexibility index (Phi) is 3.45. The van der Waals surface area contributed by atoms with Gasteiger partial charge in [0.15, 0.2) is 0 Å². The summed E-state index contributed by atoms with van der Waals surface area (Å²) in [6, 6.07) is 5.99. The summed E-state index contributed by atoms with van der Waals surface area (Å²) in [5, 5.41) is 10.1. The number of fused-ring (bicyclic) bond motifs is 3. The van der Waals surface area contributed by atoms with Gasteiger partial charge >= 0.3 is 6.09 Å². The number of nitrogens with one attached hydrogen (secondary N) is 1. The molecule has 0 unspecified atom stereocenters. The molecule has 0 atom stereocenters. The summed E-state index contributed by atoms with van der Waals surface area (Å²) >= 11 is 3.46. The number of nitrogens with zero attached hydrogens (tertiary/aromatic N) is 3. The van der Waals surface area contributed by atoms with Gasteiger partial charge in [-0.05, 0) is 31.0 Å². The quantitative estimate of drug-likeness (QED) is 0.679. The minimum Gasteiger partial charge on any atom is -0.465 e. The van der Waals surface area contributed by atoms with Crippen LogP contribution in [0.2, 0.25) is 0 Å². The minimum absolute atomic E-state index is 0.267. The Bertz CT molecular complexity index is 900. The van der Waals surface area contributed by atoms with E-state index in [1.165, 1.54) is 4.90 Å². The van der Waals surface area contributed by atoms with Crippen LogP contribution in [-0.2, 0) is 0 Å². The highest BCUT2D eigenvalue weighted by Crippen LogP contribution is 2.30. The summed E-state index contributed by atoms with van der Waals surface area (Å²) in [4.78, 5) is 25.1. The zero-order chi connectivity index (χ0) is 16.0. The molecule has 3 heterocycles. The van der Waals surface area contributed by atoms with Crippen LogP contribution in [0.4, 0.5) is 4.79 Å². The van der Waals surface area contributed by atoms with Gasteiger partial charge in [-0.25, -0.2) is 9.78 Å². The van der Waals surface area contributed by atoms with Crippen molar-refractivity contribution in [3.8, 4) is 0 Å². The van der Waals surface area contributed by atoms with Crippen molar-refractivity contribution >= 4 is 44.0 Å². The number of imidazole rings is 1. The number of rotatable bonds is 1.